The van der Waals surface area contributed by atoms with Gasteiger partial charge < -0.3 is 9.47 Å². The predicted molar refractivity (Wildman–Crippen MR) is 99.2 cm³/mol. The molecule has 0 aliphatic rings. The van der Waals surface area contributed by atoms with Gasteiger partial charge in [-0.3, -0.25) is 10.2 Å². The van der Waals surface area contributed by atoms with Crippen molar-refractivity contribution in [3.05, 3.63) is 64.5 Å². The number of sulfonamides is 1. The van der Waals surface area contributed by atoms with Crippen molar-refractivity contribution in [1.29, 1.82) is 0 Å². The lowest BCUT2D eigenvalue weighted by Gasteiger charge is -2.08. The SMILES string of the molecule is COc1ccc(OCC(=O)NNS(=O)(=O)/C=C/c2ccc(Cl)cc2)cc1. The summed E-state index contributed by atoms with van der Waals surface area (Å²) in [7, 11) is -2.31. The van der Waals surface area contributed by atoms with E-state index >= 15 is 0 Å². The van der Waals surface area contributed by atoms with E-state index in [0.717, 1.165) is 5.41 Å². The van der Waals surface area contributed by atoms with Gasteiger partial charge in [0.15, 0.2) is 6.61 Å². The molecule has 0 aliphatic heterocycles. The lowest BCUT2D eigenvalue weighted by Crippen LogP contribution is -2.42. The molecular formula is C17H17ClN2O5S. The highest BCUT2D eigenvalue weighted by atomic mass is 35.5. The van der Waals surface area contributed by atoms with Gasteiger partial charge in [-0.2, -0.15) is 0 Å². The third-order valence-electron chi connectivity index (χ3n) is 3.07. The van der Waals surface area contributed by atoms with Crippen LogP contribution in [0.15, 0.2) is 53.9 Å². The molecule has 1 amide bonds. The van der Waals surface area contributed by atoms with Crippen molar-refractivity contribution in [2.24, 2.45) is 0 Å². The first-order valence-electron chi connectivity index (χ1n) is 7.39. The second kappa shape index (κ2) is 9.23. The molecule has 0 fully saturated rings. The first-order chi connectivity index (χ1) is 12.4. The first-order valence-corrected chi connectivity index (χ1v) is 9.31. The molecule has 2 rings (SSSR count). The molecular weight excluding hydrogens is 380 g/mol. The summed E-state index contributed by atoms with van der Waals surface area (Å²) >= 11 is 5.76. The maximum atomic E-state index is 11.8. The van der Waals surface area contributed by atoms with E-state index in [1.165, 1.54) is 13.2 Å². The highest BCUT2D eigenvalue weighted by Crippen LogP contribution is 2.16. The molecule has 0 atom stereocenters. The minimum atomic E-state index is -3.84. The van der Waals surface area contributed by atoms with Gasteiger partial charge in [-0.1, -0.05) is 23.7 Å². The van der Waals surface area contributed by atoms with Gasteiger partial charge in [-0.05, 0) is 48.0 Å². The third-order valence-corrected chi connectivity index (χ3v) is 4.20. The van der Waals surface area contributed by atoms with Crippen LogP contribution in [0.1, 0.15) is 5.56 Å². The summed E-state index contributed by atoms with van der Waals surface area (Å²) < 4.78 is 33.9. The highest BCUT2D eigenvalue weighted by Gasteiger charge is 2.08. The van der Waals surface area contributed by atoms with Gasteiger partial charge in [0.25, 0.3) is 15.9 Å². The summed E-state index contributed by atoms with van der Waals surface area (Å²) in [5, 5.41) is 1.48. The van der Waals surface area contributed by atoms with Crippen molar-refractivity contribution in [2.45, 2.75) is 0 Å². The number of ether oxygens (including phenoxy) is 2. The van der Waals surface area contributed by atoms with Crippen molar-refractivity contribution in [3.63, 3.8) is 0 Å². The Balaban J connectivity index is 1.80. The van der Waals surface area contributed by atoms with Gasteiger partial charge in [-0.15, -0.1) is 4.83 Å². The number of carbonyl (C=O) groups is 1. The fourth-order valence-electron chi connectivity index (χ4n) is 1.76. The van der Waals surface area contributed by atoms with Gasteiger partial charge >= 0.3 is 0 Å². The monoisotopic (exact) mass is 396 g/mol. The summed E-state index contributed by atoms with van der Waals surface area (Å²) in [6.07, 6.45) is 1.37. The zero-order valence-corrected chi connectivity index (χ0v) is 15.4. The summed E-state index contributed by atoms with van der Waals surface area (Å²) in [6.45, 7) is -0.351. The predicted octanol–water partition coefficient (Wildman–Crippen LogP) is 2.35. The molecule has 26 heavy (non-hydrogen) atoms. The molecule has 0 radical (unpaired) electrons. The minimum absolute atomic E-state index is 0.351. The van der Waals surface area contributed by atoms with E-state index in [4.69, 9.17) is 21.1 Å². The van der Waals surface area contributed by atoms with Crippen molar-refractivity contribution in [1.82, 2.24) is 10.3 Å². The Labute approximate surface area is 156 Å². The summed E-state index contributed by atoms with van der Waals surface area (Å²) in [5.74, 6) is 0.456. The summed E-state index contributed by atoms with van der Waals surface area (Å²) in [5.41, 5.74) is 2.71. The number of hydrogen-bond acceptors (Lipinski definition) is 5. The van der Waals surface area contributed by atoms with Crippen LogP contribution in [0, 0.1) is 0 Å². The van der Waals surface area contributed by atoms with E-state index < -0.39 is 15.9 Å². The molecule has 0 saturated carbocycles. The van der Waals surface area contributed by atoms with Crippen molar-refractivity contribution in [2.75, 3.05) is 13.7 Å². The zero-order valence-electron chi connectivity index (χ0n) is 13.8. The van der Waals surface area contributed by atoms with Crippen LogP contribution in [-0.2, 0) is 14.8 Å². The number of hydrazine groups is 1. The summed E-state index contributed by atoms with van der Waals surface area (Å²) in [6, 6.07) is 13.2. The summed E-state index contributed by atoms with van der Waals surface area (Å²) in [4.78, 5) is 13.6. The third kappa shape index (κ3) is 6.75. The van der Waals surface area contributed by atoms with E-state index in [1.807, 2.05) is 4.83 Å². The number of amides is 1. The highest BCUT2D eigenvalue weighted by molar-refractivity contribution is 7.92. The van der Waals surface area contributed by atoms with Gasteiger partial charge in [0.2, 0.25) is 0 Å². The standard InChI is InChI=1S/C17H17ClN2O5S/c1-24-15-6-8-16(9-7-15)25-12-17(21)19-20-26(22,23)11-10-13-2-4-14(18)5-3-13/h2-11,20H,12H2,1H3,(H,19,21)/b11-10+. The van der Waals surface area contributed by atoms with Gasteiger partial charge in [0, 0.05) is 10.4 Å². The molecule has 2 aromatic carbocycles. The largest absolute Gasteiger partial charge is 0.497 e. The Morgan fingerprint density at radius 1 is 1.08 bits per heavy atom. The quantitative estimate of drug-likeness (QED) is 0.668. The number of carbonyl (C=O) groups excluding carboxylic acids is 1. The number of hydrogen-bond donors (Lipinski definition) is 2. The van der Waals surface area contributed by atoms with E-state index in [1.54, 1.807) is 48.5 Å². The second-order valence-corrected chi connectivity index (χ2v) is 7.02. The average Bonchev–Trinajstić information content (AvgIpc) is 2.65. The lowest BCUT2D eigenvalue weighted by molar-refractivity contribution is -0.123. The second-order valence-electron chi connectivity index (χ2n) is 5.01. The Morgan fingerprint density at radius 3 is 2.31 bits per heavy atom. The Bertz CT molecular complexity index is 865. The van der Waals surface area contributed by atoms with Crippen molar-refractivity contribution < 1.29 is 22.7 Å². The topological polar surface area (TPSA) is 93.7 Å². The number of nitrogens with one attached hydrogen (secondary N) is 2. The molecule has 9 heteroatoms. The molecule has 0 spiro atoms. The lowest BCUT2D eigenvalue weighted by atomic mass is 10.2. The molecule has 2 N–H and O–H groups in total. The molecule has 0 unspecified atom stereocenters. The molecule has 0 heterocycles. The Hall–Kier alpha value is -2.55. The van der Waals surface area contributed by atoms with E-state index in [2.05, 4.69) is 5.43 Å². The van der Waals surface area contributed by atoms with Crippen LogP contribution < -0.4 is 19.7 Å². The molecule has 7 nitrogen and oxygen atoms in total. The molecule has 2 aromatic rings. The number of halogens is 1. The number of methoxy groups -OCH3 is 1. The molecule has 0 aliphatic carbocycles. The van der Waals surface area contributed by atoms with E-state index in [-0.39, 0.29) is 6.61 Å². The Kier molecular flexibility index (Phi) is 7.02. The number of rotatable bonds is 8. The van der Waals surface area contributed by atoms with Crippen molar-refractivity contribution >= 4 is 33.6 Å². The van der Waals surface area contributed by atoms with Gasteiger partial charge in [0.05, 0.1) is 7.11 Å². The van der Waals surface area contributed by atoms with E-state index in [0.29, 0.717) is 22.1 Å². The molecule has 0 saturated heterocycles. The van der Waals surface area contributed by atoms with Crippen LogP contribution in [0.4, 0.5) is 0 Å². The van der Waals surface area contributed by atoms with Crippen LogP contribution in [0.5, 0.6) is 11.5 Å². The smallest absolute Gasteiger partial charge is 0.272 e. The first kappa shape index (κ1) is 19.8. The molecule has 138 valence electrons. The van der Waals surface area contributed by atoms with Crippen LogP contribution in [-0.4, -0.2) is 28.0 Å². The maximum Gasteiger partial charge on any atom is 0.272 e. The molecule has 0 aromatic heterocycles. The van der Waals surface area contributed by atoms with E-state index in [9.17, 15) is 13.2 Å². The van der Waals surface area contributed by atoms with Crippen LogP contribution in [0.2, 0.25) is 5.02 Å². The van der Waals surface area contributed by atoms with Crippen molar-refractivity contribution in [3.8, 4) is 11.5 Å². The fourth-order valence-corrected chi connectivity index (χ4v) is 2.55. The Morgan fingerprint density at radius 2 is 1.69 bits per heavy atom. The minimum Gasteiger partial charge on any atom is -0.497 e. The van der Waals surface area contributed by atoms with Crippen LogP contribution in [0.3, 0.4) is 0 Å². The van der Waals surface area contributed by atoms with Gasteiger partial charge in [0.1, 0.15) is 11.5 Å². The normalized spacial score (nSPS) is 11.3. The zero-order chi connectivity index (χ0) is 19.0. The average molecular weight is 397 g/mol. The maximum absolute atomic E-state index is 11.8. The van der Waals surface area contributed by atoms with Crippen LogP contribution >= 0.6 is 11.6 Å². The molecule has 0 bridgehead atoms. The van der Waals surface area contributed by atoms with Crippen LogP contribution in [0.25, 0.3) is 6.08 Å². The van der Waals surface area contributed by atoms with Gasteiger partial charge in [-0.25, -0.2) is 8.42 Å². The number of benzene rings is 2. The fraction of sp³-hybridized carbons (Fsp3) is 0.118.